The molecule has 2 rings (SSSR count). The normalized spacial score (nSPS) is 13.8. The van der Waals surface area contributed by atoms with E-state index in [4.69, 9.17) is 9.84 Å². The van der Waals surface area contributed by atoms with Gasteiger partial charge in [0.1, 0.15) is 12.3 Å². The highest BCUT2D eigenvalue weighted by atomic mass is 19.4. The summed E-state index contributed by atoms with van der Waals surface area (Å²) in [6.45, 7) is -1.74. The van der Waals surface area contributed by atoms with E-state index in [1.54, 1.807) is 12.1 Å². The van der Waals surface area contributed by atoms with E-state index in [-0.39, 0.29) is 12.1 Å². The SMILES string of the molecule is O=C(c1ccc2c(c1)CCO2)N(CCO)CC(F)(F)F. The van der Waals surface area contributed by atoms with Gasteiger partial charge in [0.25, 0.3) is 5.91 Å². The van der Waals surface area contributed by atoms with Crippen molar-refractivity contribution in [3.8, 4) is 5.75 Å². The van der Waals surface area contributed by atoms with Crippen molar-refractivity contribution < 1.29 is 27.8 Å². The molecule has 0 saturated heterocycles. The number of benzene rings is 1. The van der Waals surface area contributed by atoms with E-state index < -0.39 is 25.2 Å². The van der Waals surface area contributed by atoms with Gasteiger partial charge in [-0.1, -0.05) is 0 Å². The first-order valence-electron chi connectivity index (χ1n) is 6.13. The van der Waals surface area contributed by atoms with E-state index in [0.29, 0.717) is 23.7 Å². The Morgan fingerprint density at radius 3 is 2.80 bits per heavy atom. The number of nitrogens with zero attached hydrogens (tertiary/aromatic N) is 1. The Morgan fingerprint density at radius 1 is 1.40 bits per heavy atom. The van der Waals surface area contributed by atoms with Crippen LogP contribution in [-0.2, 0) is 6.42 Å². The minimum absolute atomic E-state index is 0.173. The predicted molar refractivity (Wildman–Crippen MR) is 64.7 cm³/mol. The van der Waals surface area contributed by atoms with Crippen molar-refractivity contribution in [2.24, 2.45) is 0 Å². The van der Waals surface area contributed by atoms with Gasteiger partial charge in [0.05, 0.1) is 13.2 Å². The van der Waals surface area contributed by atoms with Crippen molar-refractivity contribution in [2.45, 2.75) is 12.6 Å². The highest BCUT2D eigenvalue weighted by molar-refractivity contribution is 5.94. The fraction of sp³-hybridized carbons (Fsp3) is 0.462. The number of alkyl halides is 3. The van der Waals surface area contributed by atoms with Crippen LogP contribution in [-0.4, -0.2) is 48.4 Å². The zero-order valence-electron chi connectivity index (χ0n) is 10.6. The molecule has 0 fully saturated rings. The summed E-state index contributed by atoms with van der Waals surface area (Å²) in [5.74, 6) is -0.0860. The Kier molecular flexibility index (Phi) is 4.17. The maximum atomic E-state index is 12.4. The number of halogens is 3. The first kappa shape index (κ1) is 14.6. The number of ether oxygens (including phenoxy) is 1. The van der Waals surface area contributed by atoms with E-state index in [1.165, 1.54) is 6.07 Å². The maximum absolute atomic E-state index is 12.4. The molecule has 0 aliphatic carbocycles. The van der Waals surface area contributed by atoms with Crippen molar-refractivity contribution in [3.05, 3.63) is 29.3 Å². The number of rotatable bonds is 4. The van der Waals surface area contributed by atoms with Gasteiger partial charge in [-0.25, -0.2) is 0 Å². The molecule has 0 bridgehead atoms. The quantitative estimate of drug-likeness (QED) is 0.916. The lowest BCUT2D eigenvalue weighted by molar-refractivity contribution is -0.141. The molecule has 20 heavy (non-hydrogen) atoms. The van der Waals surface area contributed by atoms with E-state index in [9.17, 15) is 18.0 Å². The summed E-state index contributed by atoms with van der Waals surface area (Å²) >= 11 is 0. The van der Waals surface area contributed by atoms with Crippen LogP contribution in [0.4, 0.5) is 13.2 Å². The lowest BCUT2D eigenvalue weighted by atomic mass is 10.1. The summed E-state index contributed by atoms with van der Waals surface area (Å²) in [4.78, 5) is 12.7. The third kappa shape index (κ3) is 3.41. The Bertz CT molecular complexity index is 502. The van der Waals surface area contributed by atoms with Crippen molar-refractivity contribution in [3.63, 3.8) is 0 Å². The average Bonchev–Trinajstić information content (AvgIpc) is 2.83. The summed E-state index contributed by atoms with van der Waals surface area (Å²) in [6.07, 6.45) is -3.86. The summed E-state index contributed by atoms with van der Waals surface area (Å²) in [6, 6.07) is 4.57. The minimum atomic E-state index is -4.50. The van der Waals surface area contributed by atoms with Gasteiger partial charge in [-0.15, -0.1) is 0 Å². The molecule has 1 heterocycles. The van der Waals surface area contributed by atoms with Gasteiger partial charge in [-0.2, -0.15) is 13.2 Å². The number of aliphatic hydroxyl groups is 1. The second kappa shape index (κ2) is 5.70. The van der Waals surface area contributed by atoms with Crippen LogP contribution in [0.25, 0.3) is 0 Å². The molecule has 0 spiro atoms. The number of carbonyl (C=O) groups is 1. The van der Waals surface area contributed by atoms with Gasteiger partial charge in [-0.3, -0.25) is 4.79 Å². The Hall–Kier alpha value is -1.76. The molecule has 0 saturated carbocycles. The highest BCUT2D eigenvalue weighted by Gasteiger charge is 2.33. The highest BCUT2D eigenvalue weighted by Crippen LogP contribution is 2.27. The fourth-order valence-electron chi connectivity index (χ4n) is 2.09. The van der Waals surface area contributed by atoms with Crippen molar-refractivity contribution in [2.75, 3.05) is 26.3 Å². The van der Waals surface area contributed by atoms with Gasteiger partial charge >= 0.3 is 6.18 Å². The monoisotopic (exact) mass is 289 g/mol. The topological polar surface area (TPSA) is 49.8 Å². The van der Waals surface area contributed by atoms with Gasteiger partial charge in [0.2, 0.25) is 0 Å². The van der Waals surface area contributed by atoms with Crippen LogP contribution in [0.1, 0.15) is 15.9 Å². The van der Waals surface area contributed by atoms with Crippen LogP contribution in [0.2, 0.25) is 0 Å². The van der Waals surface area contributed by atoms with Gasteiger partial charge in [-0.05, 0) is 23.8 Å². The van der Waals surface area contributed by atoms with E-state index in [2.05, 4.69) is 0 Å². The summed E-state index contributed by atoms with van der Waals surface area (Å²) in [5, 5.41) is 8.80. The van der Waals surface area contributed by atoms with Gasteiger partial charge in [0, 0.05) is 18.5 Å². The molecule has 1 N–H and O–H groups in total. The Balaban J connectivity index is 2.18. The predicted octanol–water partition coefficient (Wildman–Crippen LogP) is 1.62. The lowest BCUT2D eigenvalue weighted by Crippen LogP contribution is -2.40. The lowest BCUT2D eigenvalue weighted by Gasteiger charge is -2.23. The van der Waals surface area contributed by atoms with Crippen molar-refractivity contribution in [1.82, 2.24) is 4.90 Å². The fourth-order valence-corrected chi connectivity index (χ4v) is 2.09. The number of hydrogen-bond acceptors (Lipinski definition) is 3. The summed E-state index contributed by atoms with van der Waals surface area (Å²) in [5.41, 5.74) is 0.985. The maximum Gasteiger partial charge on any atom is 0.406 e. The van der Waals surface area contributed by atoms with Crippen molar-refractivity contribution >= 4 is 5.91 Å². The second-order valence-corrected chi connectivity index (χ2v) is 4.49. The zero-order chi connectivity index (χ0) is 14.8. The van der Waals surface area contributed by atoms with Crippen LogP contribution in [0, 0.1) is 0 Å². The summed E-state index contributed by atoms with van der Waals surface area (Å²) < 4.78 is 42.6. The third-order valence-corrected chi connectivity index (χ3v) is 2.96. The third-order valence-electron chi connectivity index (χ3n) is 2.96. The molecule has 1 aliphatic rings. The number of hydrogen-bond donors (Lipinski definition) is 1. The molecule has 7 heteroatoms. The first-order valence-corrected chi connectivity index (χ1v) is 6.13. The van der Waals surface area contributed by atoms with Gasteiger partial charge in [0.15, 0.2) is 0 Å². The number of carbonyl (C=O) groups excluding carboxylic acids is 1. The van der Waals surface area contributed by atoms with Gasteiger partial charge < -0.3 is 14.7 Å². The molecule has 1 aliphatic heterocycles. The van der Waals surface area contributed by atoms with Crippen molar-refractivity contribution in [1.29, 1.82) is 0 Å². The molecule has 0 unspecified atom stereocenters. The van der Waals surface area contributed by atoms with E-state index in [1.807, 2.05) is 0 Å². The number of aliphatic hydroxyl groups excluding tert-OH is 1. The molecule has 1 aromatic rings. The zero-order valence-corrected chi connectivity index (χ0v) is 10.6. The van der Waals surface area contributed by atoms with E-state index in [0.717, 1.165) is 5.56 Å². The molecular weight excluding hydrogens is 275 g/mol. The number of fused-ring (bicyclic) bond motifs is 1. The molecule has 1 aromatic carbocycles. The molecule has 0 aromatic heterocycles. The average molecular weight is 289 g/mol. The molecular formula is C13H14F3NO3. The molecule has 0 atom stereocenters. The van der Waals surface area contributed by atoms with Crippen LogP contribution < -0.4 is 4.74 Å². The van der Waals surface area contributed by atoms with E-state index >= 15 is 0 Å². The standard InChI is InChI=1S/C13H14F3NO3/c14-13(15,16)8-17(4-5-18)12(19)10-1-2-11-9(7-10)3-6-20-11/h1-2,7,18H,3-6,8H2. The molecule has 1 amide bonds. The van der Waals surface area contributed by atoms with Crippen LogP contribution >= 0.6 is 0 Å². The Labute approximate surface area is 113 Å². The Morgan fingerprint density at radius 2 is 2.15 bits per heavy atom. The smallest absolute Gasteiger partial charge is 0.406 e. The van der Waals surface area contributed by atoms with Crippen LogP contribution in [0.5, 0.6) is 5.75 Å². The first-order chi connectivity index (χ1) is 9.40. The minimum Gasteiger partial charge on any atom is -0.493 e. The number of amides is 1. The largest absolute Gasteiger partial charge is 0.493 e. The molecule has 0 radical (unpaired) electrons. The second-order valence-electron chi connectivity index (χ2n) is 4.49. The summed E-state index contributed by atoms with van der Waals surface area (Å²) in [7, 11) is 0. The molecule has 4 nitrogen and oxygen atoms in total. The van der Waals surface area contributed by atoms with Crippen LogP contribution in [0.3, 0.4) is 0 Å². The molecule has 110 valence electrons. The van der Waals surface area contributed by atoms with Crippen LogP contribution in [0.15, 0.2) is 18.2 Å².